The Bertz CT molecular complexity index is 397. The topological polar surface area (TPSA) is 38.5 Å². The molecule has 0 heterocycles. The second-order valence-electron chi connectivity index (χ2n) is 5.34. The second-order valence-corrected chi connectivity index (χ2v) is 6.20. The molecule has 0 saturated heterocycles. The molecule has 108 valence electrons. The Balaban J connectivity index is 2.94. The number of halogens is 1. The minimum atomic E-state index is -0.135. The van der Waals surface area contributed by atoms with Gasteiger partial charge in [-0.1, -0.05) is 48.0 Å². The largest absolute Gasteiger partial charge is 0.383 e. The lowest BCUT2D eigenvalue weighted by atomic mass is 9.85. The van der Waals surface area contributed by atoms with E-state index in [2.05, 4.69) is 59.9 Å². The molecule has 1 aromatic carbocycles. The summed E-state index contributed by atoms with van der Waals surface area (Å²) in [6.45, 7) is 6.46. The molecule has 0 saturated carbocycles. The number of hydrogen-bond donors (Lipinski definition) is 1. The monoisotopic (exact) mass is 328 g/mol. The summed E-state index contributed by atoms with van der Waals surface area (Å²) in [5, 5.41) is 0. The minimum Gasteiger partial charge on any atom is -0.383 e. The van der Waals surface area contributed by atoms with Gasteiger partial charge in [0.2, 0.25) is 0 Å². The van der Waals surface area contributed by atoms with Gasteiger partial charge in [-0.25, -0.2) is 0 Å². The predicted molar refractivity (Wildman–Crippen MR) is 84.1 cm³/mol. The maximum atomic E-state index is 6.05. The third-order valence-electron chi connectivity index (χ3n) is 3.95. The number of hydrogen-bond acceptors (Lipinski definition) is 3. The summed E-state index contributed by atoms with van der Waals surface area (Å²) in [6.07, 6.45) is 0. The summed E-state index contributed by atoms with van der Waals surface area (Å²) in [7, 11) is 3.85. The molecule has 1 rings (SSSR count). The molecule has 0 amide bonds. The van der Waals surface area contributed by atoms with E-state index in [1.165, 1.54) is 5.56 Å². The van der Waals surface area contributed by atoms with Gasteiger partial charge in [0.05, 0.1) is 12.1 Å². The normalized spacial score (nSPS) is 14.9. The Morgan fingerprint density at radius 2 is 2.00 bits per heavy atom. The van der Waals surface area contributed by atoms with E-state index in [-0.39, 0.29) is 5.54 Å². The van der Waals surface area contributed by atoms with Crippen LogP contribution in [0.2, 0.25) is 0 Å². The van der Waals surface area contributed by atoms with Crippen molar-refractivity contribution in [3.63, 3.8) is 0 Å². The van der Waals surface area contributed by atoms with Crippen molar-refractivity contribution >= 4 is 15.9 Å². The van der Waals surface area contributed by atoms with E-state index in [4.69, 9.17) is 10.5 Å². The molecule has 1 aromatic rings. The fourth-order valence-corrected chi connectivity index (χ4v) is 2.87. The lowest BCUT2D eigenvalue weighted by Crippen LogP contribution is -2.58. The quantitative estimate of drug-likeness (QED) is 0.836. The van der Waals surface area contributed by atoms with Gasteiger partial charge in [0.25, 0.3) is 0 Å². The summed E-state index contributed by atoms with van der Waals surface area (Å²) in [5.74, 6) is 0.421. The van der Waals surface area contributed by atoms with Crippen molar-refractivity contribution in [1.29, 1.82) is 0 Å². The Labute approximate surface area is 125 Å². The van der Waals surface area contributed by atoms with Gasteiger partial charge >= 0.3 is 0 Å². The van der Waals surface area contributed by atoms with Gasteiger partial charge in [-0.15, -0.1) is 0 Å². The van der Waals surface area contributed by atoms with Crippen LogP contribution in [-0.4, -0.2) is 37.7 Å². The van der Waals surface area contributed by atoms with Crippen molar-refractivity contribution in [1.82, 2.24) is 4.90 Å². The lowest BCUT2D eigenvalue weighted by Gasteiger charge is -2.44. The SMILES string of the molecule is COCC(CN)(C(C)C)N(C)Cc1ccccc1Br. The first-order chi connectivity index (χ1) is 8.97. The van der Waals surface area contributed by atoms with E-state index in [0.717, 1.165) is 11.0 Å². The molecule has 0 aliphatic rings. The highest BCUT2D eigenvalue weighted by molar-refractivity contribution is 9.10. The average Bonchev–Trinajstić information content (AvgIpc) is 2.38. The van der Waals surface area contributed by atoms with Crippen LogP contribution in [0.15, 0.2) is 28.7 Å². The van der Waals surface area contributed by atoms with Crippen LogP contribution in [0, 0.1) is 5.92 Å². The van der Waals surface area contributed by atoms with Gasteiger partial charge in [0, 0.05) is 24.7 Å². The van der Waals surface area contributed by atoms with Crippen molar-refractivity contribution in [2.75, 3.05) is 27.3 Å². The zero-order valence-corrected chi connectivity index (χ0v) is 13.9. The van der Waals surface area contributed by atoms with Gasteiger partial charge < -0.3 is 10.5 Å². The van der Waals surface area contributed by atoms with Crippen LogP contribution < -0.4 is 5.73 Å². The highest BCUT2D eigenvalue weighted by atomic mass is 79.9. The fourth-order valence-electron chi connectivity index (χ4n) is 2.46. The zero-order valence-electron chi connectivity index (χ0n) is 12.3. The number of likely N-dealkylation sites (N-methyl/N-ethyl adjacent to an activating group) is 1. The summed E-state index contributed by atoms with van der Waals surface area (Å²) in [6, 6.07) is 8.29. The van der Waals surface area contributed by atoms with Crippen LogP contribution in [0.5, 0.6) is 0 Å². The molecule has 2 N–H and O–H groups in total. The standard InChI is InChI=1S/C15H25BrN2O/c1-12(2)15(10-17,11-19-4)18(3)9-13-7-5-6-8-14(13)16/h5-8,12H,9-11,17H2,1-4H3. The average molecular weight is 329 g/mol. The molecular weight excluding hydrogens is 304 g/mol. The van der Waals surface area contributed by atoms with E-state index in [0.29, 0.717) is 19.1 Å². The number of rotatable bonds is 7. The molecule has 4 heteroatoms. The molecule has 1 atom stereocenters. The maximum Gasteiger partial charge on any atom is 0.0661 e. The Morgan fingerprint density at radius 1 is 1.37 bits per heavy atom. The summed E-state index contributed by atoms with van der Waals surface area (Å²) in [4.78, 5) is 2.31. The van der Waals surface area contributed by atoms with Crippen LogP contribution >= 0.6 is 15.9 Å². The van der Waals surface area contributed by atoms with Gasteiger partial charge in [-0.05, 0) is 24.6 Å². The van der Waals surface area contributed by atoms with E-state index < -0.39 is 0 Å². The molecule has 0 radical (unpaired) electrons. The molecule has 3 nitrogen and oxygen atoms in total. The van der Waals surface area contributed by atoms with E-state index >= 15 is 0 Å². The second kappa shape index (κ2) is 7.39. The van der Waals surface area contributed by atoms with Crippen LogP contribution in [-0.2, 0) is 11.3 Å². The molecule has 0 spiro atoms. The Hall–Kier alpha value is -0.420. The number of nitrogens with zero attached hydrogens (tertiary/aromatic N) is 1. The highest BCUT2D eigenvalue weighted by Crippen LogP contribution is 2.27. The Kier molecular flexibility index (Phi) is 6.47. The predicted octanol–water partition coefficient (Wildman–Crippen LogP) is 2.88. The van der Waals surface area contributed by atoms with E-state index in [9.17, 15) is 0 Å². The highest BCUT2D eigenvalue weighted by Gasteiger charge is 2.36. The minimum absolute atomic E-state index is 0.135. The first kappa shape index (κ1) is 16.6. The third kappa shape index (κ3) is 3.78. The summed E-state index contributed by atoms with van der Waals surface area (Å²) in [5.41, 5.74) is 7.18. The molecule has 1 unspecified atom stereocenters. The van der Waals surface area contributed by atoms with E-state index in [1.807, 2.05) is 6.07 Å². The molecule has 0 aromatic heterocycles. The first-order valence-corrected chi connectivity index (χ1v) is 7.41. The number of benzene rings is 1. The third-order valence-corrected chi connectivity index (χ3v) is 4.72. The zero-order chi connectivity index (χ0) is 14.5. The van der Waals surface area contributed by atoms with E-state index in [1.54, 1.807) is 7.11 Å². The molecular formula is C15H25BrN2O. The van der Waals surface area contributed by atoms with Crippen LogP contribution in [0.4, 0.5) is 0 Å². The van der Waals surface area contributed by atoms with Crippen molar-refractivity contribution < 1.29 is 4.74 Å². The van der Waals surface area contributed by atoms with Crippen LogP contribution in [0.3, 0.4) is 0 Å². The van der Waals surface area contributed by atoms with Crippen molar-refractivity contribution in [2.45, 2.75) is 25.9 Å². The first-order valence-electron chi connectivity index (χ1n) is 6.61. The van der Waals surface area contributed by atoms with Crippen LogP contribution in [0.1, 0.15) is 19.4 Å². The molecule has 0 aliphatic carbocycles. The number of ether oxygens (including phenoxy) is 1. The molecule has 0 fully saturated rings. The lowest BCUT2D eigenvalue weighted by molar-refractivity contribution is -0.00564. The molecule has 0 bridgehead atoms. The van der Waals surface area contributed by atoms with Crippen molar-refractivity contribution in [2.24, 2.45) is 11.7 Å². The smallest absolute Gasteiger partial charge is 0.0661 e. The summed E-state index contributed by atoms with van der Waals surface area (Å²) >= 11 is 3.60. The van der Waals surface area contributed by atoms with Crippen molar-refractivity contribution in [3.05, 3.63) is 34.3 Å². The number of nitrogens with two attached hydrogens (primary N) is 1. The fraction of sp³-hybridized carbons (Fsp3) is 0.600. The van der Waals surface area contributed by atoms with Crippen LogP contribution in [0.25, 0.3) is 0 Å². The molecule has 0 aliphatic heterocycles. The van der Waals surface area contributed by atoms with Gasteiger partial charge in [-0.3, -0.25) is 4.90 Å². The van der Waals surface area contributed by atoms with Gasteiger partial charge in [-0.2, -0.15) is 0 Å². The van der Waals surface area contributed by atoms with Crippen molar-refractivity contribution in [3.8, 4) is 0 Å². The van der Waals surface area contributed by atoms with Gasteiger partial charge in [0.1, 0.15) is 0 Å². The summed E-state index contributed by atoms with van der Waals surface area (Å²) < 4.78 is 6.55. The van der Waals surface area contributed by atoms with Gasteiger partial charge in [0.15, 0.2) is 0 Å². The Morgan fingerprint density at radius 3 is 2.47 bits per heavy atom. The number of methoxy groups -OCH3 is 1. The molecule has 19 heavy (non-hydrogen) atoms. The maximum absolute atomic E-state index is 6.05.